The molecule has 0 spiro atoms. The van der Waals surface area contributed by atoms with Crippen LogP contribution >= 0.6 is 22.7 Å². The number of aliphatic hydroxyl groups is 1. The summed E-state index contributed by atoms with van der Waals surface area (Å²) in [6.45, 7) is 6.34. The monoisotopic (exact) mass is 266 g/mol. The summed E-state index contributed by atoms with van der Waals surface area (Å²) in [5, 5.41) is 10.3. The van der Waals surface area contributed by atoms with Crippen molar-refractivity contribution in [1.82, 2.24) is 0 Å². The topological polar surface area (TPSA) is 20.2 Å². The minimum atomic E-state index is -0.358. The maximum Gasteiger partial charge on any atom is 0.0848 e. The molecule has 0 radical (unpaired) electrons. The zero-order valence-corrected chi connectivity index (χ0v) is 12.1. The average Bonchev–Trinajstić information content (AvgIpc) is 2.85. The Morgan fingerprint density at radius 1 is 1.18 bits per heavy atom. The molecule has 0 aliphatic rings. The maximum absolute atomic E-state index is 10.3. The summed E-state index contributed by atoms with van der Waals surface area (Å²) in [5.74, 6) is 0. The Hall–Kier alpha value is -0.640. The van der Waals surface area contributed by atoms with Crippen molar-refractivity contribution in [1.29, 1.82) is 0 Å². The number of thiophene rings is 2. The molecule has 2 heterocycles. The Kier molecular flexibility index (Phi) is 4.02. The van der Waals surface area contributed by atoms with Gasteiger partial charge >= 0.3 is 0 Å². The highest BCUT2D eigenvalue weighted by atomic mass is 32.1. The van der Waals surface area contributed by atoms with Crippen molar-refractivity contribution in [2.24, 2.45) is 0 Å². The molecule has 0 fully saturated rings. The number of aryl methyl sites for hydroxylation is 3. The molecular formula is C14H18OS2. The van der Waals surface area contributed by atoms with Gasteiger partial charge < -0.3 is 5.11 Å². The van der Waals surface area contributed by atoms with Crippen molar-refractivity contribution >= 4 is 22.7 Å². The first kappa shape index (κ1) is 12.8. The standard InChI is InChI=1S/C14H18OS2/c1-4-11-5-6-12(17-11)8-14(15)13-7-9(2)16-10(13)3/h5-7,14-15H,4,8H2,1-3H3. The van der Waals surface area contributed by atoms with Gasteiger partial charge in [0, 0.05) is 25.9 Å². The van der Waals surface area contributed by atoms with Crippen molar-refractivity contribution in [2.45, 2.75) is 39.7 Å². The van der Waals surface area contributed by atoms with E-state index in [4.69, 9.17) is 0 Å². The number of hydrogen-bond acceptors (Lipinski definition) is 3. The van der Waals surface area contributed by atoms with Gasteiger partial charge in [-0.2, -0.15) is 0 Å². The second-order valence-corrected chi connectivity index (χ2v) is 7.02. The second-order valence-electron chi connectivity index (χ2n) is 4.31. The molecule has 3 heteroatoms. The summed E-state index contributed by atoms with van der Waals surface area (Å²) < 4.78 is 0. The molecule has 17 heavy (non-hydrogen) atoms. The Labute approximate surface area is 111 Å². The fourth-order valence-corrected chi connectivity index (χ4v) is 3.98. The fraction of sp³-hybridized carbons (Fsp3) is 0.429. The van der Waals surface area contributed by atoms with Gasteiger partial charge in [-0.05, 0) is 44.0 Å². The van der Waals surface area contributed by atoms with Gasteiger partial charge in [0.15, 0.2) is 0 Å². The van der Waals surface area contributed by atoms with Crippen LogP contribution in [-0.2, 0) is 12.8 Å². The molecule has 1 atom stereocenters. The quantitative estimate of drug-likeness (QED) is 0.876. The zero-order valence-electron chi connectivity index (χ0n) is 10.5. The molecule has 0 aliphatic heterocycles. The summed E-state index contributed by atoms with van der Waals surface area (Å²) in [5.41, 5.74) is 1.10. The van der Waals surface area contributed by atoms with Crippen LogP contribution in [0, 0.1) is 13.8 Å². The molecule has 0 saturated heterocycles. The Bertz CT molecular complexity index is 496. The minimum Gasteiger partial charge on any atom is -0.388 e. The number of aliphatic hydroxyl groups excluding tert-OH is 1. The van der Waals surface area contributed by atoms with E-state index in [-0.39, 0.29) is 6.10 Å². The summed E-state index contributed by atoms with van der Waals surface area (Å²) >= 11 is 3.57. The van der Waals surface area contributed by atoms with Gasteiger partial charge in [0.2, 0.25) is 0 Å². The summed E-state index contributed by atoms with van der Waals surface area (Å²) in [6, 6.07) is 6.42. The third-order valence-electron chi connectivity index (χ3n) is 2.90. The molecule has 2 rings (SSSR count). The van der Waals surface area contributed by atoms with E-state index >= 15 is 0 Å². The van der Waals surface area contributed by atoms with Crippen LogP contribution < -0.4 is 0 Å². The fourth-order valence-electron chi connectivity index (χ4n) is 2.00. The summed E-state index contributed by atoms with van der Waals surface area (Å²) in [4.78, 5) is 5.18. The van der Waals surface area contributed by atoms with Crippen LogP contribution in [0.3, 0.4) is 0 Å². The van der Waals surface area contributed by atoms with Crippen LogP contribution in [0.5, 0.6) is 0 Å². The van der Waals surface area contributed by atoms with E-state index in [1.165, 1.54) is 19.5 Å². The summed E-state index contributed by atoms with van der Waals surface area (Å²) in [6.07, 6.45) is 1.46. The van der Waals surface area contributed by atoms with Crippen LogP contribution in [0.1, 0.15) is 38.1 Å². The molecule has 1 nitrogen and oxygen atoms in total. The average molecular weight is 266 g/mol. The highest BCUT2D eigenvalue weighted by Crippen LogP contribution is 2.30. The van der Waals surface area contributed by atoms with E-state index in [0.29, 0.717) is 0 Å². The van der Waals surface area contributed by atoms with Gasteiger partial charge in [-0.25, -0.2) is 0 Å². The molecule has 0 aromatic carbocycles. The van der Waals surface area contributed by atoms with Crippen LogP contribution in [0.15, 0.2) is 18.2 Å². The second kappa shape index (κ2) is 5.34. The Balaban J connectivity index is 2.11. The van der Waals surface area contributed by atoms with Gasteiger partial charge in [-0.1, -0.05) is 6.92 Å². The number of rotatable bonds is 4. The lowest BCUT2D eigenvalue weighted by molar-refractivity contribution is 0.179. The Morgan fingerprint density at radius 3 is 2.41 bits per heavy atom. The molecule has 0 bridgehead atoms. The number of hydrogen-bond donors (Lipinski definition) is 1. The largest absolute Gasteiger partial charge is 0.388 e. The lowest BCUT2D eigenvalue weighted by Gasteiger charge is -2.08. The Morgan fingerprint density at radius 2 is 1.88 bits per heavy atom. The van der Waals surface area contributed by atoms with Crippen LogP contribution in [0.2, 0.25) is 0 Å². The molecule has 0 saturated carbocycles. The van der Waals surface area contributed by atoms with E-state index in [0.717, 1.165) is 18.4 Å². The van der Waals surface area contributed by atoms with Gasteiger partial charge in [-0.15, -0.1) is 22.7 Å². The van der Waals surface area contributed by atoms with Crippen molar-refractivity contribution in [3.05, 3.63) is 43.3 Å². The van der Waals surface area contributed by atoms with Gasteiger partial charge in [0.25, 0.3) is 0 Å². The van der Waals surface area contributed by atoms with E-state index in [2.05, 4.69) is 39.0 Å². The highest BCUT2D eigenvalue weighted by molar-refractivity contribution is 7.12. The van der Waals surface area contributed by atoms with E-state index in [1.807, 2.05) is 11.3 Å². The molecule has 0 amide bonds. The first-order valence-electron chi connectivity index (χ1n) is 5.92. The summed E-state index contributed by atoms with van der Waals surface area (Å²) in [7, 11) is 0. The third-order valence-corrected chi connectivity index (χ3v) is 5.13. The van der Waals surface area contributed by atoms with E-state index in [9.17, 15) is 5.11 Å². The highest BCUT2D eigenvalue weighted by Gasteiger charge is 2.14. The van der Waals surface area contributed by atoms with Crippen molar-refractivity contribution in [3.63, 3.8) is 0 Å². The lowest BCUT2D eigenvalue weighted by Crippen LogP contribution is -2.00. The predicted octanol–water partition coefficient (Wildman–Crippen LogP) is 4.26. The molecule has 92 valence electrons. The van der Waals surface area contributed by atoms with Crippen molar-refractivity contribution in [3.8, 4) is 0 Å². The zero-order chi connectivity index (χ0) is 12.4. The van der Waals surface area contributed by atoms with Gasteiger partial charge in [0.1, 0.15) is 0 Å². The molecule has 2 aromatic rings. The maximum atomic E-state index is 10.3. The van der Waals surface area contributed by atoms with Gasteiger partial charge in [-0.3, -0.25) is 0 Å². The van der Waals surface area contributed by atoms with Crippen LogP contribution in [-0.4, -0.2) is 5.11 Å². The normalized spacial score (nSPS) is 12.9. The predicted molar refractivity (Wildman–Crippen MR) is 76.2 cm³/mol. The molecule has 1 unspecified atom stereocenters. The minimum absolute atomic E-state index is 0.358. The van der Waals surface area contributed by atoms with E-state index < -0.39 is 0 Å². The molecule has 2 aromatic heterocycles. The first-order valence-corrected chi connectivity index (χ1v) is 7.56. The van der Waals surface area contributed by atoms with Gasteiger partial charge in [0.05, 0.1) is 6.10 Å². The third kappa shape index (κ3) is 2.97. The van der Waals surface area contributed by atoms with Crippen molar-refractivity contribution < 1.29 is 5.11 Å². The first-order chi connectivity index (χ1) is 8.10. The van der Waals surface area contributed by atoms with Crippen LogP contribution in [0.4, 0.5) is 0 Å². The van der Waals surface area contributed by atoms with Crippen LogP contribution in [0.25, 0.3) is 0 Å². The van der Waals surface area contributed by atoms with Crippen molar-refractivity contribution in [2.75, 3.05) is 0 Å². The SMILES string of the molecule is CCc1ccc(CC(O)c2cc(C)sc2C)s1. The molecule has 0 aliphatic carbocycles. The molecular weight excluding hydrogens is 248 g/mol. The smallest absolute Gasteiger partial charge is 0.0848 e. The van der Waals surface area contributed by atoms with E-state index in [1.54, 1.807) is 11.3 Å². The molecule has 1 N–H and O–H groups in total. The lowest BCUT2D eigenvalue weighted by atomic mass is 10.1.